The van der Waals surface area contributed by atoms with Crippen LogP contribution >= 0.6 is 11.3 Å². The number of piperidine rings is 1. The molecule has 128 valence electrons. The Balaban J connectivity index is 1.48. The number of fused-ring (bicyclic) bond motifs is 1. The summed E-state index contributed by atoms with van der Waals surface area (Å²) >= 11 is 1.72. The Morgan fingerprint density at radius 2 is 2.04 bits per heavy atom. The molecule has 1 aromatic heterocycles. The van der Waals surface area contributed by atoms with Crippen molar-refractivity contribution in [2.75, 3.05) is 25.1 Å². The van der Waals surface area contributed by atoms with Gasteiger partial charge in [-0.1, -0.05) is 17.4 Å². The monoisotopic (exact) mass is 345 g/mol. The van der Waals surface area contributed by atoms with Gasteiger partial charge >= 0.3 is 0 Å². The van der Waals surface area contributed by atoms with Crippen molar-refractivity contribution < 1.29 is 9.53 Å². The average molecular weight is 345 g/mol. The molecular weight excluding hydrogens is 322 g/mol. The van der Waals surface area contributed by atoms with E-state index in [0.29, 0.717) is 6.04 Å². The second-order valence-corrected chi connectivity index (χ2v) is 7.78. The lowest BCUT2D eigenvalue weighted by atomic mass is 9.96. The maximum atomic E-state index is 12.2. The molecule has 6 heteroatoms. The standard InChI is InChI=1S/C18H23N3O2S/c1-11-3-6-14(23-2)15-16(11)24-18(20-15)21-9-7-12(8-10-21)17(22)19-13-4-5-13/h3,6,12-13H,4-5,7-10H2,1-2H3,(H,19,22). The molecule has 0 spiro atoms. The van der Waals surface area contributed by atoms with Crippen LogP contribution in [0, 0.1) is 12.8 Å². The molecule has 1 aliphatic heterocycles. The molecule has 1 saturated carbocycles. The maximum Gasteiger partial charge on any atom is 0.223 e. The van der Waals surface area contributed by atoms with Gasteiger partial charge < -0.3 is 15.0 Å². The van der Waals surface area contributed by atoms with Crippen LogP contribution in [-0.2, 0) is 4.79 Å². The quantitative estimate of drug-likeness (QED) is 0.925. The van der Waals surface area contributed by atoms with Crippen LogP contribution in [0.4, 0.5) is 5.13 Å². The van der Waals surface area contributed by atoms with E-state index in [1.165, 1.54) is 10.3 Å². The van der Waals surface area contributed by atoms with E-state index in [2.05, 4.69) is 23.2 Å². The van der Waals surface area contributed by atoms with E-state index in [4.69, 9.17) is 9.72 Å². The van der Waals surface area contributed by atoms with Crippen molar-refractivity contribution in [2.45, 2.75) is 38.6 Å². The number of hydrogen-bond donors (Lipinski definition) is 1. The number of rotatable bonds is 4. The van der Waals surface area contributed by atoms with Crippen LogP contribution in [-0.4, -0.2) is 37.1 Å². The molecule has 1 aromatic carbocycles. The lowest BCUT2D eigenvalue weighted by molar-refractivity contribution is -0.125. The molecular formula is C18H23N3O2S. The predicted molar refractivity (Wildman–Crippen MR) is 97.0 cm³/mol. The Labute approximate surface area is 146 Å². The Kier molecular flexibility index (Phi) is 4.08. The van der Waals surface area contributed by atoms with Crippen LogP contribution in [0.5, 0.6) is 5.75 Å². The van der Waals surface area contributed by atoms with E-state index < -0.39 is 0 Å². The van der Waals surface area contributed by atoms with Gasteiger partial charge in [-0.15, -0.1) is 0 Å². The van der Waals surface area contributed by atoms with Gasteiger partial charge in [-0.25, -0.2) is 4.98 Å². The number of amides is 1. The van der Waals surface area contributed by atoms with Crippen LogP contribution in [0.1, 0.15) is 31.2 Å². The molecule has 1 aliphatic carbocycles. The molecule has 5 nitrogen and oxygen atoms in total. The van der Waals surface area contributed by atoms with Crippen molar-refractivity contribution in [1.82, 2.24) is 10.3 Å². The van der Waals surface area contributed by atoms with Crippen molar-refractivity contribution in [2.24, 2.45) is 5.92 Å². The highest BCUT2D eigenvalue weighted by Gasteiger charge is 2.30. The summed E-state index contributed by atoms with van der Waals surface area (Å²) in [5, 5.41) is 4.18. The van der Waals surface area contributed by atoms with Gasteiger partial charge in [0.05, 0.1) is 11.8 Å². The van der Waals surface area contributed by atoms with E-state index in [1.54, 1.807) is 18.4 Å². The number of aryl methyl sites for hydroxylation is 1. The third kappa shape index (κ3) is 2.95. The van der Waals surface area contributed by atoms with Gasteiger partial charge in [-0.2, -0.15) is 0 Å². The van der Waals surface area contributed by atoms with Crippen LogP contribution < -0.4 is 15.0 Å². The topological polar surface area (TPSA) is 54.5 Å². The van der Waals surface area contributed by atoms with Crippen molar-refractivity contribution in [3.8, 4) is 5.75 Å². The van der Waals surface area contributed by atoms with E-state index >= 15 is 0 Å². The largest absolute Gasteiger partial charge is 0.494 e. The van der Waals surface area contributed by atoms with E-state index in [9.17, 15) is 4.79 Å². The first-order valence-corrected chi connectivity index (χ1v) is 9.47. The zero-order valence-electron chi connectivity index (χ0n) is 14.2. The first kappa shape index (κ1) is 15.7. The number of carbonyl (C=O) groups is 1. The van der Waals surface area contributed by atoms with Gasteiger partial charge in [0.2, 0.25) is 5.91 Å². The fraction of sp³-hybridized carbons (Fsp3) is 0.556. The molecule has 24 heavy (non-hydrogen) atoms. The van der Waals surface area contributed by atoms with Crippen LogP contribution in [0.25, 0.3) is 10.2 Å². The Hall–Kier alpha value is -1.82. The molecule has 2 aromatic rings. The number of nitrogens with one attached hydrogen (secondary N) is 1. The summed E-state index contributed by atoms with van der Waals surface area (Å²) in [5.41, 5.74) is 2.18. The minimum Gasteiger partial charge on any atom is -0.494 e. The Bertz CT molecular complexity index is 761. The molecule has 2 heterocycles. The normalized spacial score (nSPS) is 18.8. The molecule has 0 atom stereocenters. The number of benzene rings is 1. The van der Waals surface area contributed by atoms with E-state index in [-0.39, 0.29) is 11.8 Å². The highest BCUT2D eigenvalue weighted by atomic mass is 32.1. The molecule has 0 unspecified atom stereocenters. The zero-order chi connectivity index (χ0) is 16.7. The van der Waals surface area contributed by atoms with Gasteiger partial charge in [0.25, 0.3) is 0 Å². The minimum absolute atomic E-state index is 0.160. The number of thiazole rings is 1. The van der Waals surface area contributed by atoms with Crippen LogP contribution in [0.2, 0.25) is 0 Å². The zero-order valence-corrected chi connectivity index (χ0v) is 15.0. The van der Waals surface area contributed by atoms with Crippen LogP contribution in [0.3, 0.4) is 0 Å². The number of methoxy groups -OCH3 is 1. The lowest BCUT2D eigenvalue weighted by Gasteiger charge is -2.31. The summed E-state index contributed by atoms with van der Waals surface area (Å²) in [6, 6.07) is 4.52. The summed E-state index contributed by atoms with van der Waals surface area (Å²) in [5.74, 6) is 1.24. The number of hydrogen-bond acceptors (Lipinski definition) is 5. The second kappa shape index (κ2) is 6.24. The molecule has 0 bridgehead atoms. The van der Waals surface area contributed by atoms with Gasteiger partial charge in [0, 0.05) is 25.0 Å². The maximum absolute atomic E-state index is 12.2. The van der Waals surface area contributed by atoms with Gasteiger partial charge in [-0.3, -0.25) is 4.79 Å². The summed E-state index contributed by atoms with van der Waals surface area (Å²) in [6.45, 7) is 3.89. The molecule has 1 saturated heterocycles. The van der Waals surface area contributed by atoms with Crippen molar-refractivity contribution >= 4 is 32.6 Å². The molecule has 0 radical (unpaired) electrons. The third-order valence-electron chi connectivity index (χ3n) is 4.97. The fourth-order valence-corrected chi connectivity index (χ4v) is 4.38. The average Bonchev–Trinajstić information content (AvgIpc) is 3.29. The second-order valence-electron chi connectivity index (χ2n) is 6.80. The predicted octanol–water partition coefficient (Wildman–Crippen LogP) is 3.11. The van der Waals surface area contributed by atoms with Gasteiger partial charge in [0.15, 0.2) is 5.13 Å². The SMILES string of the molecule is COc1ccc(C)c2sc(N3CCC(C(=O)NC4CC4)CC3)nc12. The lowest BCUT2D eigenvalue weighted by Crippen LogP contribution is -2.41. The summed E-state index contributed by atoms with van der Waals surface area (Å²) in [4.78, 5) is 19.3. The Morgan fingerprint density at radius 1 is 1.29 bits per heavy atom. The fourth-order valence-electron chi connectivity index (χ4n) is 3.28. The highest BCUT2D eigenvalue weighted by molar-refractivity contribution is 7.22. The number of ether oxygens (including phenoxy) is 1. The van der Waals surface area contributed by atoms with Crippen molar-refractivity contribution in [3.05, 3.63) is 17.7 Å². The minimum atomic E-state index is 0.160. The first-order chi connectivity index (χ1) is 11.7. The van der Waals surface area contributed by atoms with Crippen LogP contribution in [0.15, 0.2) is 12.1 Å². The summed E-state index contributed by atoms with van der Waals surface area (Å²) < 4.78 is 6.64. The molecule has 1 amide bonds. The highest BCUT2D eigenvalue weighted by Crippen LogP contribution is 2.37. The molecule has 2 aliphatic rings. The summed E-state index contributed by atoms with van der Waals surface area (Å²) in [6.07, 6.45) is 4.12. The molecule has 4 rings (SSSR count). The third-order valence-corrected chi connectivity index (χ3v) is 6.22. The molecule has 2 fully saturated rings. The number of nitrogens with zero attached hydrogens (tertiary/aromatic N) is 2. The first-order valence-electron chi connectivity index (χ1n) is 8.65. The number of anilines is 1. The van der Waals surface area contributed by atoms with E-state index in [0.717, 1.165) is 55.2 Å². The summed E-state index contributed by atoms with van der Waals surface area (Å²) in [7, 11) is 1.69. The Morgan fingerprint density at radius 3 is 2.71 bits per heavy atom. The molecule has 1 N–H and O–H groups in total. The van der Waals surface area contributed by atoms with Crippen molar-refractivity contribution in [1.29, 1.82) is 0 Å². The van der Waals surface area contributed by atoms with Gasteiger partial charge in [0.1, 0.15) is 11.3 Å². The van der Waals surface area contributed by atoms with Gasteiger partial charge in [-0.05, 0) is 44.2 Å². The smallest absolute Gasteiger partial charge is 0.223 e. The van der Waals surface area contributed by atoms with Crippen molar-refractivity contribution in [3.63, 3.8) is 0 Å². The van der Waals surface area contributed by atoms with E-state index in [1.807, 2.05) is 6.07 Å². The number of carbonyl (C=O) groups excluding carboxylic acids is 1. The number of aromatic nitrogens is 1.